The van der Waals surface area contributed by atoms with Crippen molar-refractivity contribution in [2.45, 2.75) is 13.3 Å². The highest BCUT2D eigenvalue weighted by atomic mass is 16.4. The van der Waals surface area contributed by atoms with Gasteiger partial charge >= 0.3 is 5.97 Å². The molecule has 0 radical (unpaired) electrons. The molecule has 0 saturated heterocycles. The smallest absolute Gasteiger partial charge is 0.337 e. The Hall–Kier alpha value is -1.90. The van der Waals surface area contributed by atoms with Crippen LogP contribution in [0.5, 0.6) is 0 Å². The van der Waals surface area contributed by atoms with Crippen molar-refractivity contribution in [2.24, 2.45) is 0 Å². The summed E-state index contributed by atoms with van der Waals surface area (Å²) in [5.41, 5.74) is 2.27. The van der Waals surface area contributed by atoms with Crippen molar-refractivity contribution in [2.75, 3.05) is 0 Å². The van der Waals surface area contributed by atoms with Gasteiger partial charge in [0.1, 0.15) is 0 Å². The average molecular weight is 201 g/mol. The van der Waals surface area contributed by atoms with E-state index in [0.717, 1.165) is 22.9 Å². The second-order valence-electron chi connectivity index (χ2n) is 3.37. The Morgan fingerprint density at radius 2 is 2.27 bits per heavy atom. The van der Waals surface area contributed by atoms with E-state index in [1.54, 1.807) is 6.07 Å². The van der Waals surface area contributed by atoms with Gasteiger partial charge in [-0.1, -0.05) is 25.1 Å². The molecule has 0 aliphatic heterocycles. The van der Waals surface area contributed by atoms with Gasteiger partial charge in [0.15, 0.2) is 0 Å². The molecule has 1 aromatic carbocycles. The first-order valence-corrected chi connectivity index (χ1v) is 4.83. The summed E-state index contributed by atoms with van der Waals surface area (Å²) in [4.78, 5) is 15.0. The van der Waals surface area contributed by atoms with Crippen molar-refractivity contribution in [1.82, 2.24) is 4.98 Å². The number of benzene rings is 1. The average Bonchev–Trinajstić information content (AvgIpc) is 2.27. The normalized spacial score (nSPS) is 10.5. The third kappa shape index (κ3) is 1.68. The zero-order valence-corrected chi connectivity index (χ0v) is 8.40. The molecule has 2 aromatic rings. The summed E-state index contributed by atoms with van der Waals surface area (Å²) >= 11 is 0. The molecule has 3 heteroatoms. The Kier molecular flexibility index (Phi) is 2.37. The van der Waals surface area contributed by atoms with E-state index >= 15 is 0 Å². The Morgan fingerprint density at radius 3 is 2.93 bits per heavy atom. The first-order chi connectivity index (χ1) is 7.22. The number of pyridine rings is 1. The lowest BCUT2D eigenvalue weighted by Gasteiger charge is -2.03. The van der Waals surface area contributed by atoms with Crippen LogP contribution in [0.1, 0.15) is 22.8 Å². The molecule has 0 fully saturated rings. The maximum absolute atomic E-state index is 10.8. The number of hydrogen-bond acceptors (Lipinski definition) is 2. The van der Waals surface area contributed by atoms with E-state index in [-0.39, 0.29) is 5.56 Å². The van der Waals surface area contributed by atoms with Crippen LogP contribution in [0.15, 0.2) is 30.5 Å². The molecule has 1 N–H and O–H groups in total. The van der Waals surface area contributed by atoms with Crippen LogP contribution in [-0.2, 0) is 6.42 Å². The quantitative estimate of drug-likeness (QED) is 0.812. The second-order valence-corrected chi connectivity index (χ2v) is 3.37. The van der Waals surface area contributed by atoms with Crippen molar-refractivity contribution in [3.05, 3.63) is 41.6 Å². The predicted molar refractivity (Wildman–Crippen MR) is 58.1 cm³/mol. The molecule has 0 unspecified atom stereocenters. The van der Waals surface area contributed by atoms with Gasteiger partial charge in [0.05, 0.1) is 11.1 Å². The van der Waals surface area contributed by atoms with Crippen LogP contribution < -0.4 is 0 Å². The van der Waals surface area contributed by atoms with E-state index in [1.807, 2.05) is 18.2 Å². The SMILES string of the molecule is CCc1cccc2cc(C(=O)O)cnc12. The van der Waals surface area contributed by atoms with Crippen LogP contribution in [0.25, 0.3) is 10.9 Å². The van der Waals surface area contributed by atoms with E-state index in [2.05, 4.69) is 11.9 Å². The molecule has 3 nitrogen and oxygen atoms in total. The minimum atomic E-state index is -0.939. The van der Waals surface area contributed by atoms with Crippen molar-refractivity contribution >= 4 is 16.9 Å². The molecule has 0 bridgehead atoms. The highest BCUT2D eigenvalue weighted by Gasteiger charge is 2.06. The number of carboxylic acids is 1. The van der Waals surface area contributed by atoms with Gasteiger partial charge in [-0.25, -0.2) is 4.79 Å². The number of aromatic carboxylic acids is 1. The number of aryl methyl sites for hydroxylation is 1. The number of carbonyl (C=O) groups is 1. The van der Waals surface area contributed by atoms with Crippen LogP contribution in [0.3, 0.4) is 0 Å². The van der Waals surface area contributed by atoms with Crippen LogP contribution in [0.2, 0.25) is 0 Å². The summed E-state index contributed by atoms with van der Waals surface area (Å²) in [6.07, 6.45) is 2.31. The fourth-order valence-electron chi connectivity index (χ4n) is 1.63. The largest absolute Gasteiger partial charge is 0.478 e. The zero-order chi connectivity index (χ0) is 10.8. The van der Waals surface area contributed by atoms with Crippen molar-refractivity contribution in [3.8, 4) is 0 Å². The minimum absolute atomic E-state index is 0.232. The topological polar surface area (TPSA) is 50.2 Å². The highest BCUT2D eigenvalue weighted by Crippen LogP contribution is 2.18. The molecule has 0 spiro atoms. The lowest BCUT2D eigenvalue weighted by molar-refractivity contribution is 0.0696. The third-order valence-corrected chi connectivity index (χ3v) is 2.42. The van der Waals surface area contributed by atoms with Crippen molar-refractivity contribution in [1.29, 1.82) is 0 Å². The number of rotatable bonds is 2. The van der Waals surface area contributed by atoms with Crippen molar-refractivity contribution < 1.29 is 9.90 Å². The Labute approximate surface area is 87.4 Å². The van der Waals surface area contributed by atoms with E-state index < -0.39 is 5.97 Å². The van der Waals surface area contributed by atoms with Gasteiger partial charge < -0.3 is 5.11 Å². The van der Waals surface area contributed by atoms with E-state index in [9.17, 15) is 4.79 Å². The van der Waals surface area contributed by atoms with E-state index in [1.165, 1.54) is 6.20 Å². The Balaban J connectivity index is 2.69. The van der Waals surface area contributed by atoms with Crippen LogP contribution >= 0.6 is 0 Å². The molecule has 76 valence electrons. The predicted octanol–water partition coefficient (Wildman–Crippen LogP) is 2.50. The third-order valence-electron chi connectivity index (χ3n) is 2.42. The fraction of sp³-hybridized carbons (Fsp3) is 0.167. The van der Waals surface area contributed by atoms with Gasteiger partial charge in [-0.2, -0.15) is 0 Å². The van der Waals surface area contributed by atoms with Gasteiger partial charge in [0.2, 0.25) is 0 Å². The van der Waals surface area contributed by atoms with E-state index in [0.29, 0.717) is 0 Å². The molecular formula is C12H11NO2. The number of para-hydroxylation sites is 1. The summed E-state index contributed by atoms with van der Waals surface area (Å²) in [6, 6.07) is 7.47. The second kappa shape index (κ2) is 3.69. The first kappa shape index (κ1) is 9.65. The summed E-state index contributed by atoms with van der Waals surface area (Å²) in [5.74, 6) is -0.939. The van der Waals surface area contributed by atoms with Gasteiger partial charge in [-0.05, 0) is 18.1 Å². The fourth-order valence-corrected chi connectivity index (χ4v) is 1.63. The molecule has 0 aliphatic rings. The maximum atomic E-state index is 10.8. The molecule has 0 saturated carbocycles. The van der Waals surface area contributed by atoms with Gasteiger partial charge in [0.25, 0.3) is 0 Å². The molecule has 0 aliphatic carbocycles. The van der Waals surface area contributed by atoms with Gasteiger partial charge in [-0.3, -0.25) is 4.98 Å². The number of nitrogens with zero attached hydrogens (tertiary/aromatic N) is 1. The number of hydrogen-bond donors (Lipinski definition) is 1. The summed E-state index contributed by atoms with van der Waals surface area (Å²) in [5, 5.41) is 9.71. The van der Waals surface area contributed by atoms with Crippen LogP contribution in [-0.4, -0.2) is 16.1 Å². The molecular weight excluding hydrogens is 190 g/mol. The van der Waals surface area contributed by atoms with Crippen LogP contribution in [0, 0.1) is 0 Å². The highest BCUT2D eigenvalue weighted by molar-refractivity contribution is 5.93. The van der Waals surface area contributed by atoms with Gasteiger partial charge in [-0.15, -0.1) is 0 Å². The zero-order valence-electron chi connectivity index (χ0n) is 8.40. The number of aromatic nitrogens is 1. The lowest BCUT2D eigenvalue weighted by Crippen LogP contribution is -1.98. The lowest BCUT2D eigenvalue weighted by atomic mass is 10.1. The molecule has 15 heavy (non-hydrogen) atoms. The summed E-state index contributed by atoms with van der Waals surface area (Å²) in [7, 11) is 0. The molecule has 1 aromatic heterocycles. The summed E-state index contributed by atoms with van der Waals surface area (Å²) in [6.45, 7) is 2.06. The summed E-state index contributed by atoms with van der Waals surface area (Å²) < 4.78 is 0. The van der Waals surface area contributed by atoms with E-state index in [4.69, 9.17) is 5.11 Å². The van der Waals surface area contributed by atoms with Gasteiger partial charge in [0, 0.05) is 11.6 Å². The molecule has 1 heterocycles. The standard InChI is InChI=1S/C12H11NO2/c1-2-8-4-3-5-9-6-10(12(14)15)7-13-11(8)9/h3-7H,2H2,1H3,(H,14,15). The number of carboxylic acid groups (broad SMARTS) is 1. The molecule has 0 atom stereocenters. The van der Waals surface area contributed by atoms with Crippen molar-refractivity contribution in [3.63, 3.8) is 0 Å². The first-order valence-electron chi connectivity index (χ1n) is 4.83. The minimum Gasteiger partial charge on any atom is -0.478 e. The maximum Gasteiger partial charge on any atom is 0.337 e. The van der Waals surface area contributed by atoms with Crippen LogP contribution in [0.4, 0.5) is 0 Å². The number of fused-ring (bicyclic) bond motifs is 1. The Morgan fingerprint density at radius 1 is 1.47 bits per heavy atom. The Bertz CT molecular complexity index is 520. The molecule has 0 amide bonds. The molecule has 2 rings (SSSR count). The monoisotopic (exact) mass is 201 g/mol.